The van der Waals surface area contributed by atoms with Gasteiger partial charge in [0.25, 0.3) is 0 Å². The van der Waals surface area contributed by atoms with Gasteiger partial charge in [-0.25, -0.2) is 4.79 Å². The van der Waals surface area contributed by atoms with E-state index in [2.05, 4.69) is 10.3 Å². The largest absolute Gasteiger partial charge is 0.478 e. The molecule has 0 bridgehead atoms. The molecule has 0 spiro atoms. The number of pyridine rings is 1. The summed E-state index contributed by atoms with van der Waals surface area (Å²) in [7, 11) is 0. The average Bonchev–Trinajstić information content (AvgIpc) is 2.38. The molecule has 2 aromatic rings. The Bertz CT molecular complexity index is 622. The molecule has 0 amide bonds. The maximum atomic E-state index is 10.7. The molecule has 0 fully saturated rings. The van der Waals surface area contributed by atoms with Crippen LogP contribution >= 0.6 is 34.8 Å². The maximum Gasteiger partial charge on any atom is 0.337 e. The molecule has 0 saturated heterocycles. The average molecular weight is 332 g/mol. The summed E-state index contributed by atoms with van der Waals surface area (Å²) in [5, 5.41) is 13.1. The number of aromatic nitrogens is 1. The molecule has 0 aliphatic heterocycles. The number of carboxylic acids is 1. The molecule has 0 aliphatic carbocycles. The minimum absolute atomic E-state index is 0.135. The SMILES string of the molecule is O=C(O)c1ccc(CNc2c(Cl)cc(Cl)cc2Cl)nc1. The van der Waals surface area contributed by atoms with Gasteiger partial charge < -0.3 is 10.4 Å². The van der Waals surface area contributed by atoms with Gasteiger partial charge in [-0.3, -0.25) is 4.98 Å². The normalized spacial score (nSPS) is 10.3. The fourth-order valence-corrected chi connectivity index (χ4v) is 2.50. The number of carbonyl (C=O) groups is 1. The van der Waals surface area contributed by atoms with Crippen LogP contribution in [0.5, 0.6) is 0 Å². The van der Waals surface area contributed by atoms with Crippen LogP contribution < -0.4 is 5.32 Å². The highest BCUT2D eigenvalue weighted by molar-refractivity contribution is 6.41. The van der Waals surface area contributed by atoms with Crippen LogP contribution in [0.15, 0.2) is 30.5 Å². The van der Waals surface area contributed by atoms with Crippen molar-refractivity contribution in [1.29, 1.82) is 0 Å². The van der Waals surface area contributed by atoms with Crippen molar-refractivity contribution in [2.24, 2.45) is 0 Å². The summed E-state index contributed by atoms with van der Waals surface area (Å²) in [5.74, 6) is -1.01. The number of halogens is 3. The van der Waals surface area contributed by atoms with E-state index in [4.69, 9.17) is 39.9 Å². The second kappa shape index (κ2) is 6.31. The van der Waals surface area contributed by atoms with Crippen molar-refractivity contribution in [3.05, 3.63) is 56.8 Å². The third-order valence-corrected chi connectivity index (χ3v) is 3.34. The summed E-state index contributed by atoms with van der Waals surface area (Å²) in [4.78, 5) is 14.7. The van der Waals surface area contributed by atoms with E-state index in [0.29, 0.717) is 33.0 Å². The molecule has 2 rings (SSSR count). The summed E-state index contributed by atoms with van der Waals surface area (Å²) in [6, 6.07) is 6.27. The molecule has 104 valence electrons. The number of hydrogen-bond donors (Lipinski definition) is 2. The van der Waals surface area contributed by atoms with Gasteiger partial charge >= 0.3 is 5.97 Å². The number of nitrogens with zero attached hydrogens (tertiary/aromatic N) is 1. The van der Waals surface area contributed by atoms with E-state index in [1.165, 1.54) is 12.3 Å². The molecular formula is C13H9Cl3N2O2. The van der Waals surface area contributed by atoms with Gasteiger partial charge in [0, 0.05) is 11.2 Å². The zero-order valence-corrected chi connectivity index (χ0v) is 12.3. The third kappa shape index (κ3) is 3.54. The number of anilines is 1. The van der Waals surface area contributed by atoms with Crippen molar-refractivity contribution in [2.75, 3.05) is 5.32 Å². The smallest absolute Gasteiger partial charge is 0.337 e. The van der Waals surface area contributed by atoms with Crippen molar-refractivity contribution in [3.8, 4) is 0 Å². The molecule has 4 nitrogen and oxygen atoms in total. The third-order valence-electron chi connectivity index (χ3n) is 2.52. The lowest BCUT2D eigenvalue weighted by molar-refractivity contribution is 0.0696. The van der Waals surface area contributed by atoms with E-state index in [1.807, 2.05) is 0 Å². The Kier molecular flexibility index (Phi) is 4.70. The van der Waals surface area contributed by atoms with Gasteiger partial charge in [-0.15, -0.1) is 0 Å². The predicted octanol–water partition coefficient (Wildman–Crippen LogP) is 4.35. The molecule has 1 heterocycles. The molecule has 2 N–H and O–H groups in total. The molecule has 0 unspecified atom stereocenters. The molecule has 7 heteroatoms. The van der Waals surface area contributed by atoms with E-state index < -0.39 is 5.97 Å². The van der Waals surface area contributed by atoms with Crippen LogP contribution in [0.2, 0.25) is 15.1 Å². The molecule has 0 atom stereocenters. The highest BCUT2D eigenvalue weighted by Gasteiger charge is 2.08. The van der Waals surface area contributed by atoms with Crippen molar-refractivity contribution < 1.29 is 9.90 Å². The second-order valence-corrected chi connectivity index (χ2v) is 5.19. The van der Waals surface area contributed by atoms with Gasteiger partial charge in [0.15, 0.2) is 0 Å². The first-order chi connectivity index (χ1) is 9.47. The summed E-state index contributed by atoms with van der Waals surface area (Å²) >= 11 is 17.9. The zero-order chi connectivity index (χ0) is 14.7. The Morgan fingerprint density at radius 2 is 1.85 bits per heavy atom. The van der Waals surface area contributed by atoms with Gasteiger partial charge in [-0.1, -0.05) is 34.8 Å². The van der Waals surface area contributed by atoms with Gasteiger partial charge in [-0.05, 0) is 24.3 Å². The molecule has 1 aromatic carbocycles. The Hall–Kier alpha value is -1.49. The van der Waals surface area contributed by atoms with Crippen molar-refractivity contribution >= 4 is 46.5 Å². The molecular weight excluding hydrogens is 323 g/mol. The van der Waals surface area contributed by atoms with E-state index in [0.717, 1.165) is 0 Å². The van der Waals surface area contributed by atoms with Crippen LogP contribution in [0, 0.1) is 0 Å². The Balaban J connectivity index is 2.11. The monoisotopic (exact) mass is 330 g/mol. The molecule has 1 aromatic heterocycles. The van der Waals surface area contributed by atoms with Crippen LogP contribution in [0.4, 0.5) is 5.69 Å². The lowest BCUT2D eigenvalue weighted by Gasteiger charge is -2.10. The highest BCUT2D eigenvalue weighted by Crippen LogP contribution is 2.33. The van der Waals surface area contributed by atoms with Crippen molar-refractivity contribution in [1.82, 2.24) is 4.98 Å². The standard InChI is InChI=1S/C13H9Cl3N2O2/c14-8-3-10(15)12(11(16)4-8)18-6-9-2-1-7(5-17-9)13(19)20/h1-5,18H,6H2,(H,19,20). The van der Waals surface area contributed by atoms with Crippen LogP contribution in [-0.4, -0.2) is 16.1 Å². The Labute approximate surface area is 130 Å². The van der Waals surface area contributed by atoms with Crippen LogP contribution in [-0.2, 0) is 6.54 Å². The lowest BCUT2D eigenvalue weighted by Crippen LogP contribution is -2.04. The van der Waals surface area contributed by atoms with Crippen LogP contribution in [0.1, 0.15) is 16.1 Å². The van der Waals surface area contributed by atoms with E-state index in [9.17, 15) is 4.79 Å². The number of aromatic carboxylic acids is 1. The van der Waals surface area contributed by atoms with Gasteiger partial charge in [0.05, 0.1) is 33.5 Å². The zero-order valence-electron chi connectivity index (χ0n) is 10.0. The summed E-state index contributed by atoms with van der Waals surface area (Å²) in [5.41, 5.74) is 1.36. The quantitative estimate of drug-likeness (QED) is 0.874. The first kappa shape index (κ1) is 14.9. The van der Waals surface area contributed by atoms with Gasteiger partial charge in [-0.2, -0.15) is 0 Å². The van der Waals surface area contributed by atoms with Gasteiger partial charge in [0.1, 0.15) is 0 Å². The predicted molar refractivity (Wildman–Crippen MR) is 80.0 cm³/mol. The van der Waals surface area contributed by atoms with E-state index in [1.54, 1.807) is 18.2 Å². The first-order valence-corrected chi connectivity index (χ1v) is 6.67. The lowest BCUT2D eigenvalue weighted by atomic mass is 10.2. The van der Waals surface area contributed by atoms with E-state index in [-0.39, 0.29) is 5.56 Å². The van der Waals surface area contributed by atoms with Crippen molar-refractivity contribution in [2.45, 2.75) is 6.54 Å². The minimum atomic E-state index is -1.01. The van der Waals surface area contributed by atoms with Gasteiger partial charge in [0.2, 0.25) is 0 Å². The topological polar surface area (TPSA) is 62.2 Å². The number of hydrogen-bond acceptors (Lipinski definition) is 3. The highest BCUT2D eigenvalue weighted by atomic mass is 35.5. The van der Waals surface area contributed by atoms with Crippen LogP contribution in [0.25, 0.3) is 0 Å². The molecule has 0 saturated carbocycles. The molecule has 20 heavy (non-hydrogen) atoms. The second-order valence-electron chi connectivity index (χ2n) is 3.94. The number of benzene rings is 1. The number of nitrogens with one attached hydrogen (secondary N) is 1. The van der Waals surface area contributed by atoms with E-state index >= 15 is 0 Å². The maximum absolute atomic E-state index is 10.7. The molecule has 0 radical (unpaired) electrons. The summed E-state index contributed by atoms with van der Waals surface area (Å²) in [6.45, 7) is 0.362. The van der Waals surface area contributed by atoms with Crippen LogP contribution in [0.3, 0.4) is 0 Å². The Morgan fingerprint density at radius 1 is 1.20 bits per heavy atom. The van der Waals surface area contributed by atoms with Crippen molar-refractivity contribution in [3.63, 3.8) is 0 Å². The fraction of sp³-hybridized carbons (Fsp3) is 0.0769. The molecule has 0 aliphatic rings. The number of carboxylic acid groups (broad SMARTS) is 1. The Morgan fingerprint density at radius 3 is 2.35 bits per heavy atom. The fourth-order valence-electron chi connectivity index (χ4n) is 1.55. The number of rotatable bonds is 4. The first-order valence-electron chi connectivity index (χ1n) is 5.54. The summed E-state index contributed by atoms with van der Waals surface area (Å²) < 4.78 is 0. The minimum Gasteiger partial charge on any atom is -0.478 e. The summed E-state index contributed by atoms with van der Waals surface area (Å²) in [6.07, 6.45) is 1.30.